The summed E-state index contributed by atoms with van der Waals surface area (Å²) in [6, 6.07) is 0. The molecular weight excluding hydrogens is 327 g/mol. The topological polar surface area (TPSA) is 49.4 Å². The van der Waals surface area contributed by atoms with Gasteiger partial charge in [-0.1, -0.05) is 13.8 Å². The van der Waals surface area contributed by atoms with E-state index in [1.165, 1.54) is 0 Å². The van der Waals surface area contributed by atoms with Crippen LogP contribution in [-0.4, -0.2) is 49.0 Å². The molecule has 0 atom stereocenters. The van der Waals surface area contributed by atoms with Gasteiger partial charge in [0.15, 0.2) is 0 Å². The quantitative estimate of drug-likeness (QED) is 0.486. The van der Waals surface area contributed by atoms with Gasteiger partial charge in [0.25, 0.3) is 0 Å². The molecule has 1 radical (unpaired) electrons. The Morgan fingerprint density at radius 1 is 0.609 bits per heavy atom. The second-order valence-electron chi connectivity index (χ2n) is 7.01. The van der Waals surface area contributed by atoms with E-state index in [0.717, 1.165) is 25.9 Å². The molecule has 0 aromatic carbocycles. The predicted molar refractivity (Wildman–Crippen MR) is 104 cm³/mol. The third-order valence-electron chi connectivity index (χ3n) is 1.97. The molecule has 0 saturated heterocycles. The molecule has 0 spiro atoms. The minimum Gasteiger partial charge on any atom is -0.292 e. The van der Waals surface area contributed by atoms with Crippen molar-refractivity contribution in [3.63, 3.8) is 0 Å². The number of nitrogens with zero attached hydrogens (tertiary/aromatic N) is 4. The third-order valence-corrected chi connectivity index (χ3v) is 1.97. The molecule has 0 amide bonds. The number of hydrogen-bond acceptors (Lipinski definition) is 4. The molecule has 0 fully saturated rings. The van der Waals surface area contributed by atoms with Gasteiger partial charge in [0.1, 0.15) is 0 Å². The first-order chi connectivity index (χ1) is 10.1. The van der Waals surface area contributed by atoms with E-state index in [9.17, 15) is 0 Å². The van der Waals surface area contributed by atoms with Crippen LogP contribution in [0.5, 0.6) is 0 Å². The molecule has 23 heavy (non-hydrogen) atoms. The van der Waals surface area contributed by atoms with E-state index in [4.69, 9.17) is 0 Å². The van der Waals surface area contributed by atoms with E-state index in [0.29, 0.717) is 0 Å². The Kier molecular flexibility index (Phi) is 18.9. The van der Waals surface area contributed by atoms with Crippen LogP contribution in [0, 0.1) is 0 Å². The summed E-state index contributed by atoms with van der Waals surface area (Å²) in [6.07, 6.45) is 9.31. The van der Waals surface area contributed by atoms with Gasteiger partial charge < -0.3 is 0 Å². The van der Waals surface area contributed by atoms with E-state index in [1.807, 2.05) is 0 Å². The normalized spacial score (nSPS) is 12.9. The average Bonchev–Trinajstić information content (AvgIpc) is 2.38. The molecule has 0 aromatic rings. The monoisotopic (exact) mass is 363 g/mol. The van der Waals surface area contributed by atoms with Crippen LogP contribution in [0.25, 0.3) is 0 Å². The Hall–Kier alpha value is -0.801. The van der Waals surface area contributed by atoms with Crippen LogP contribution in [0.3, 0.4) is 0 Å². The average molecular weight is 363 g/mol. The smallest absolute Gasteiger partial charge is 0.0524 e. The van der Waals surface area contributed by atoms with Gasteiger partial charge in [-0.15, -0.1) is 0 Å². The fraction of sp³-hybridized carbons (Fsp3) is 0.778. The maximum absolute atomic E-state index is 4.29. The van der Waals surface area contributed by atoms with E-state index in [2.05, 4.69) is 75.4 Å². The van der Waals surface area contributed by atoms with Crippen molar-refractivity contribution in [1.82, 2.24) is 0 Å². The molecule has 0 aliphatic rings. The van der Waals surface area contributed by atoms with Crippen molar-refractivity contribution in [2.24, 2.45) is 20.0 Å². The first-order valence-electron chi connectivity index (χ1n) is 8.19. The van der Waals surface area contributed by atoms with Crippen molar-refractivity contribution in [3.05, 3.63) is 0 Å². The molecular formula is C18H36MnN4. The van der Waals surface area contributed by atoms with Crippen molar-refractivity contribution in [3.8, 4) is 0 Å². The SMILES string of the molecule is CC(C)(C)N=CC=NC(C)(C)C.CCCN=CC=NCCC.[Mn]. The Bertz CT molecular complexity index is 322. The molecule has 0 aromatic heterocycles. The van der Waals surface area contributed by atoms with Crippen LogP contribution in [0.1, 0.15) is 68.2 Å². The van der Waals surface area contributed by atoms with Gasteiger partial charge in [-0.25, -0.2) is 0 Å². The van der Waals surface area contributed by atoms with Gasteiger partial charge in [-0.2, -0.15) is 0 Å². The zero-order valence-electron chi connectivity index (χ0n) is 16.3. The van der Waals surface area contributed by atoms with Gasteiger partial charge in [0.2, 0.25) is 0 Å². The van der Waals surface area contributed by atoms with Crippen molar-refractivity contribution >= 4 is 24.9 Å². The molecule has 4 nitrogen and oxygen atoms in total. The standard InChI is InChI=1S/C10H20N2.C8H16N2.Mn/c1-9(2,3)11-7-8-12-10(4,5)6;1-3-5-9-7-8-10-6-4-2;/h7-8H,1-6H3;7-8H,3-6H2,1-2H3;. The molecule has 0 N–H and O–H groups in total. The largest absolute Gasteiger partial charge is 0.292 e. The van der Waals surface area contributed by atoms with Gasteiger partial charge in [-0.05, 0) is 54.4 Å². The molecule has 5 heteroatoms. The van der Waals surface area contributed by atoms with Crippen LogP contribution in [0.2, 0.25) is 0 Å². The number of hydrogen-bond donors (Lipinski definition) is 0. The third kappa shape index (κ3) is 33.8. The van der Waals surface area contributed by atoms with Crippen LogP contribution >= 0.6 is 0 Å². The van der Waals surface area contributed by atoms with E-state index in [-0.39, 0.29) is 28.1 Å². The zero-order valence-corrected chi connectivity index (χ0v) is 17.5. The maximum Gasteiger partial charge on any atom is 0.0524 e. The van der Waals surface area contributed by atoms with Crippen LogP contribution < -0.4 is 0 Å². The summed E-state index contributed by atoms with van der Waals surface area (Å²) < 4.78 is 0. The molecule has 0 bridgehead atoms. The van der Waals surface area contributed by atoms with Gasteiger partial charge >= 0.3 is 0 Å². The molecule has 0 saturated carbocycles. The Morgan fingerprint density at radius 2 is 0.913 bits per heavy atom. The summed E-state index contributed by atoms with van der Waals surface area (Å²) in [6.45, 7) is 18.4. The maximum atomic E-state index is 4.29. The van der Waals surface area contributed by atoms with Gasteiger partial charge in [-0.3, -0.25) is 20.0 Å². The second-order valence-corrected chi connectivity index (χ2v) is 7.01. The summed E-state index contributed by atoms with van der Waals surface area (Å²) in [7, 11) is 0. The van der Waals surface area contributed by atoms with E-state index in [1.54, 1.807) is 24.9 Å². The fourth-order valence-electron chi connectivity index (χ4n) is 1.02. The van der Waals surface area contributed by atoms with Crippen molar-refractivity contribution in [2.45, 2.75) is 79.3 Å². The molecule has 135 valence electrons. The van der Waals surface area contributed by atoms with Gasteiger partial charge in [0.05, 0.1) is 11.1 Å². The van der Waals surface area contributed by atoms with Crippen LogP contribution in [-0.2, 0) is 17.1 Å². The Morgan fingerprint density at radius 3 is 1.13 bits per heavy atom. The first-order valence-corrected chi connectivity index (χ1v) is 8.19. The number of rotatable bonds is 6. The minimum atomic E-state index is 0. The Balaban J connectivity index is -0.000000338. The number of aliphatic imine (C=N–C) groups is 4. The summed E-state index contributed by atoms with van der Waals surface area (Å²) in [4.78, 5) is 16.7. The van der Waals surface area contributed by atoms with Crippen LogP contribution in [0.4, 0.5) is 0 Å². The molecule has 0 aliphatic carbocycles. The fourth-order valence-corrected chi connectivity index (χ4v) is 1.02. The first kappa shape index (κ1) is 27.1. The minimum absolute atomic E-state index is 0. The summed E-state index contributed by atoms with van der Waals surface area (Å²) in [5, 5.41) is 0. The molecule has 0 unspecified atom stereocenters. The second kappa shape index (κ2) is 16.1. The van der Waals surface area contributed by atoms with Gasteiger partial charge in [0, 0.05) is 55.0 Å². The van der Waals surface area contributed by atoms with Crippen molar-refractivity contribution in [1.29, 1.82) is 0 Å². The predicted octanol–water partition coefficient (Wildman–Crippen LogP) is 4.67. The van der Waals surface area contributed by atoms with E-state index >= 15 is 0 Å². The van der Waals surface area contributed by atoms with Crippen LogP contribution in [0.15, 0.2) is 20.0 Å². The molecule has 0 rings (SSSR count). The molecule has 0 aliphatic heterocycles. The van der Waals surface area contributed by atoms with Crippen molar-refractivity contribution < 1.29 is 17.1 Å². The Labute approximate surface area is 154 Å². The van der Waals surface area contributed by atoms with E-state index < -0.39 is 0 Å². The summed E-state index contributed by atoms with van der Waals surface area (Å²) in [5.74, 6) is 0. The molecule has 0 heterocycles. The summed E-state index contributed by atoms with van der Waals surface area (Å²) in [5.41, 5.74) is 0.00775. The van der Waals surface area contributed by atoms with Crippen molar-refractivity contribution in [2.75, 3.05) is 13.1 Å². The summed E-state index contributed by atoms with van der Waals surface area (Å²) >= 11 is 0. The zero-order chi connectivity index (χ0) is 17.5.